The fraction of sp³-hybridized carbons (Fsp3) is 0.200. The first kappa shape index (κ1) is 13.1. The van der Waals surface area contributed by atoms with Gasteiger partial charge in [-0.15, -0.1) is 0 Å². The predicted molar refractivity (Wildman–Crippen MR) is 74.6 cm³/mol. The first-order valence-electron chi connectivity index (χ1n) is 6.14. The Kier molecular flexibility index (Phi) is 4.13. The van der Waals surface area contributed by atoms with Gasteiger partial charge in [0, 0.05) is 30.5 Å². The lowest BCUT2D eigenvalue weighted by atomic mass is 10.1. The van der Waals surface area contributed by atoms with Gasteiger partial charge in [0.05, 0.1) is 5.56 Å². The topological polar surface area (TPSA) is 62.2 Å². The van der Waals surface area contributed by atoms with E-state index in [1.165, 1.54) is 17.8 Å². The van der Waals surface area contributed by atoms with Crippen LogP contribution in [-0.4, -0.2) is 22.6 Å². The van der Waals surface area contributed by atoms with Gasteiger partial charge in [-0.1, -0.05) is 18.2 Å². The molecular weight excluding hydrogens is 240 g/mol. The fourth-order valence-corrected chi connectivity index (χ4v) is 1.84. The van der Waals surface area contributed by atoms with Crippen molar-refractivity contribution in [1.82, 2.24) is 4.98 Å². The number of para-hydroxylation sites is 1. The fourth-order valence-electron chi connectivity index (χ4n) is 1.84. The zero-order valence-electron chi connectivity index (χ0n) is 10.8. The number of hydrogen-bond donors (Lipinski definition) is 2. The number of nitrogens with one attached hydrogen (secondary N) is 1. The van der Waals surface area contributed by atoms with Crippen LogP contribution in [0.15, 0.2) is 42.6 Å². The Morgan fingerprint density at radius 2 is 2.11 bits per heavy atom. The molecule has 2 rings (SSSR count). The summed E-state index contributed by atoms with van der Waals surface area (Å²) in [6, 6.07) is 11.2. The van der Waals surface area contributed by atoms with Crippen molar-refractivity contribution >= 4 is 11.7 Å². The van der Waals surface area contributed by atoms with Crippen LogP contribution in [0.2, 0.25) is 0 Å². The van der Waals surface area contributed by atoms with Crippen molar-refractivity contribution in [3.05, 3.63) is 59.4 Å². The third-order valence-electron chi connectivity index (χ3n) is 2.91. The second-order valence-corrected chi connectivity index (χ2v) is 4.33. The molecule has 0 atom stereocenters. The number of carboxylic acid groups (broad SMARTS) is 1. The molecule has 1 aromatic carbocycles. The Labute approximate surface area is 112 Å². The molecule has 2 N–H and O–H groups in total. The summed E-state index contributed by atoms with van der Waals surface area (Å²) in [6.45, 7) is 2.77. The van der Waals surface area contributed by atoms with Crippen LogP contribution in [-0.2, 0) is 6.42 Å². The molecule has 4 nitrogen and oxygen atoms in total. The van der Waals surface area contributed by atoms with E-state index in [4.69, 9.17) is 5.11 Å². The first-order chi connectivity index (χ1) is 9.16. The summed E-state index contributed by atoms with van der Waals surface area (Å²) in [5.74, 6) is -0.921. The Bertz CT molecular complexity index is 582. The normalized spacial score (nSPS) is 10.2. The van der Waals surface area contributed by atoms with Crippen LogP contribution >= 0.6 is 0 Å². The minimum absolute atomic E-state index is 0.279. The van der Waals surface area contributed by atoms with E-state index in [1.807, 2.05) is 31.2 Å². The zero-order chi connectivity index (χ0) is 13.7. The second-order valence-electron chi connectivity index (χ2n) is 4.33. The number of hydrogen-bond acceptors (Lipinski definition) is 3. The van der Waals surface area contributed by atoms with Gasteiger partial charge < -0.3 is 10.4 Å². The largest absolute Gasteiger partial charge is 0.478 e. The van der Waals surface area contributed by atoms with Crippen LogP contribution < -0.4 is 5.32 Å². The summed E-state index contributed by atoms with van der Waals surface area (Å²) in [7, 11) is 0. The van der Waals surface area contributed by atoms with Crippen LogP contribution in [0.25, 0.3) is 0 Å². The molecule has 0 spiro atoms. The Morgan fingerprint density at radius 3 is 2.84 bits per heavy atom. The number of rotatable bonds is 5. The Balaban J connectivity index is 1.94. The average Bonchev–Trinajstić information content (AvgIpc) is 2.41. The molecule has 98 valence electrons. The standard InChI is InChI=1S/C15H16N2O2/c1-11-4-2-3-5-14(11)17-9-7-13-10-12(15(18)19)6-8-16-13/h2-6,8,10,17H,7,9H2,1H3,(H,18,19). The SMILES string of the molecule is Cc1ccccc1NCCc1cc(C(=O)O)ccn1. The average molecular weight is 256 g/mol. The lowest BCUT2D eigenvalue weighted by molar-refractivity contribution is 0.0696. The van der Waals surface area contributed by atoms with Crippen molar-refractivity contribution in [3.8, 4) is 0 Å². The number of carboxylic acids is 1. The van der Waals surface area contributed by atoms with Crippen molar-refractivity contribution < 1.29 is 9.90 Å². The number of carbonyl (C=O) groups is 1. The van der Waals surface area contributed by atoms with E-state index in [9.17, 15) is 4.79 Å². The number of pyridine rings is 1. The van der Waals surface area contributed by atoms with E-state index in [-0.39, 0.29) is 5.56 Å². The van der Waals surface area contributed by atoms with E-state index in [2.05, 4.69) is 10.3 Å². The molecule has 1 aromatic heterocycles. The lowest BCUT2D eigenvalue weighted by Crippen LogP contribution is -2.08. The molecule has 0 aliphatic heterocycles. The van der Waals surface area contributed by atoms with E-state index >= 15 is 0 Å². The molecule has 19 heavy (non-hydrogen) atoms. The molecule has 0 unspecified atom stereocenters. The highest BCUT2D eigenvalue weighted by Gasteiger charge is 2.04. The number of benzene rings is 1. The van der Waals surface area contributed by atoms with Gasteiger partial charge in [0.15, 0.2) is 0 Å². The Morgan fingerprint density at radius 1 is 1.32 bits per heavy atom. The highest BCUT2D eigenvalue weighted by Crippen LogP contribution is 2.13. The smallest absolute Gasteiger partial charge is 0.335 e. The third-order valence-corrected chi connectivity index (χ3v) is 2.91. The molecule has 1 heterocycles. The van der Waals surface area contributed by atoms with Gasteiger partial charge in [-0.3, -0.25) is 4.98 Å². The Hall–Kier alpha value is -2.36. The lowest BCUT2D eigenvalue weighted by Gasteiger charge is -2.09. The van der Waals surface area contributed by atoms with Crippen LogP contribution in [0.4, 0.5) is 5.69 Å². The minimum Gasteiger partial charge on any atom is -0.478 e. The van der Waals surface area contributed by atoms with E-state index < -0.39 is 5.97 Å². The molecular formula is C15H16N2O2. The van der Waals surface area contributed by atoms with Crippen molar-refractivity contribution in [2.24, 2.45) is 0 Å². The van der Waals surface area contributed by atoms with Gasteiger partial charge in [-0.25, -0.2) is 4.79 Å². The summed E-state index contributed by atoms with van der Waals surface area (Å²) < 4.78 is 0. The minimum atomic E-state index is -0.921. The maximum Gasteiger partial charge on any atom is 0.335 e. The van der Waals surface area contributed by atoms with Crippen LogP contribution in [0, 0.1) is 6.92 Å². The summed E-state index contributed by atoms with van der Waals surface area (Å²) >= 11 is 0. The zero-order valence-corrected chi connectivity index (χ0v) is 10.8. The van der Waals surface area contributed by atoms with Gasteiger partial charge in [0.2, 0.25) is 0 Å². The first-order valence-corrected chi connectivity index (χ1v) is 6.14. The maximum atomic E-state index is 10.8. The molecule has 0 bridgehead atoms. The molecule has 0 radical (unpaired) electrons. The number of anilines is 1. The second kappa shape index (κ2) is 6.00. The van der Waals surface area contributed by atoms with Crippen molar-refractivity contribution in [3.63, 3.8) is 0 Å². The van der Waals surface area contributed by atoms with Crippen LogP contribution in [0.1, 0.15) is 21.6 Å². The molecule has 0 fully saturated rings. The summed E-state index contributed by atoms with van der Waals surface area (Å²) in [5, 5.41) is 12.2. The van der Waals surface area contributed by atoms with E-state index in [0.717, 1.165) is 17.9 Å². The number of aromatic nitrogens is 1. The highest BCUT2D eigenvalue weighted by atomic mass is 16.4. The molecule has 0 saturated heterocycles. The highest BCUT2D eigenvalue weighted by molar-refractivity contribution is 5.87. The van der Waals surface area contributed by atoms with Crippen molar-refractivity contribution in [1.29, 1.82) is 0 Å². The van der Waals surface area contributed by atoms with Crippen LogP contribution in [0.5, 0.6) is 0 Å². The van der Waals surface area contributed by atoms with Gasteiger partial charge >= 0.3 is 5.97 Å². The summed E-state index contributed by atoms with van der Waals surface area (Å²) in [4.78, 5) is 15.0. The van der Waals surface area contributed by atoms with Crippen molar-refractivity contribution in [2.75, 3.05) is 11.9 Å². The summed E-state index contributed by atoms with van der Waals surface area (Å²) in [5.41, 5.74) is 3.34. The predicted octanol–water partition coefficient (Wildman–Crippen LogP) is 2.74. The molecule has 0 aliphatic rings. The van der Waals surface area contributed by atoms with E-state index in [1.54, 1.807) is 6.07 Å². The van der Waals surface area contributed by atoms with Gasteiger partial charge in [-0.05, 0) is 30.7 Å². The molecule has 4 heteroatoms. The number of aromatic carboxylic acids is 1. The monoisotopic (exact) mass is 256 g/mol. The number of nitrogens with zero attached hydrogens (tertiary/aromatic N) is 1. The van der Waals surface area contributed by atoms with Gasteiger partial charge in [-0.2, -0.15) is 0 Å². The molecule has 0 aliphatic carbocycles. The van der Waals surface area contributed by atoms with Gasteiger partial charge in [0.1, 0.15) is 0 Å². The molecule has 0 saturated carbocycles. The summed E-state index contributed by atoms with van der Waals surface area (Å²) in [6.07, 6.45) is 2.22. The van der Waals surface area contributed by atoms with Crippen LogP contribution in [0.3, 0.4) is 0 Å². The van der Waals surface area contributed by atoms with E-state index in [0.29, 0.717) is 6.42 Å². The molecule has 0 amide bonds. The maximum absolute atomic E-state index is 10.8. The quantitative estimate of drug-likeness (QED) is 0.863. The number of aryl methyl sites for hydroxylation is 1. The third kappa shape index (κ3) is 3.55. The van der Waals surface area contributed by atoms with Gasteiger partial charge in [0.25, 0.3) is 0 Å². The van der Waals surface area contributed by atoms with Crippen molar-refractivity contribution in [2.45, 2.75) is 13.3 Å². The molecule has 2 aromatic rings.